The van der Waals surface area contributed by atoms with Gasteiger partial charge in [-0.3, -0.25) is 10.1 Å². The van der Waals surface area contributed by atoms with Crippen LogP contribution in [0.2, 0.25) is 0 Å². The molecule has 166 valence electrons. The van der Waals surface area contributed by atoms with E-state index in [0.717, 1.165) is 36.9 Å². The number of ether oxygens (including phenoxy) is 2. The number of nitrogens with zero attached hydrogens (tertiary/aromatic N) is 1. The van der Waals surface area contributed by atoms with Gasteiger partial charge in [0.1, 0.15) is 18.1 Å². The lowest BCUT2D eigenvalue weighted by atomic mass is 9.96. The summed E-state index contributed by atoms with van der Waals surface area (Å²) in [5.74, 6) is -0.0849. The minimum Gasteiger partial charge on any atom is -0.489 e. The van der Waals surface area contributed by atoms with Gasteiger partial charge in [-0.05, 0) is 51.0 Å². The summed E-state index contributed by atoms with van der Waals surface area (Å²) in [6.45, 7) is 3.41. The Bertz CT molecular complexity index is 896. The number of carbonyl (C=O) groups excluding carboxylic acids is 3. The van der Waals surface area contributed by atoms with Gasteiger partial charge in [0.25, 0.3) is 5.91 Å². The molecule has 1 saturated carbocycles. The van der Waals surface area contributed by atoms with E-state index in [1.54, 1.807) is 24.3 Å². The standard InChI is InChI=1S/C22H27N3O6/c1-14-19(15(2)31-25-14)12-29-18-10-8-16(9-11-18)21(27)30-13-20(26)24-22(28)23-17-6-4-3-5-7-17/h8-11,17H,3-7,12-13H2,1-2H3,(H2,23,24,26,28). The summed E-state index contributed by atoms with van der Waals surface area (Å²) in [4.78, 5) is 35.8. The fourth-order valence-corrected chi connectivity index (χ4v) is 3.40. The van der Waals surface area contributed by atoms with Crippen molar-refractivity contribution >= 4 is 17.9 Å². The molecule has 1 heterocycles. The van der Waals surface area contributed by atoms with Crippen molar-refractivity contribution in [3.05, 3.63) is 46.8 Å². The molecular formula is C22H27N3O6. The van der Waals surface area contributed by atoms with Crippen molar-refractivity contribution in [2.24, 2.45) is 0 Å². The summed E-state index contributed by atoms with van der Waals surface area (Å²) >= 11 is 0. The third kappa shape index (κ3) is 6.56. The van der Waals surface area contributed by atoms with Crippen LogP contribution in [0.4, 0.5) is 4.79 Å². The lowest BCUT2D eigenvalue weighted by Crippen LogP contribution is -2.46. The average molecular weight is 429 g/mol. The van der Waals surface area contributed by atoms with Crippen LogP contribution < -0.4 is 15.4 Å². The van der Waals surface area contributed by atoms with Crippen LogP contribution in [0.1, 0.15) is 59.5 Å². The van der Waals surface area contributed by atoms with E-state index < -0.39 is 24.5 Å². The predicted octanol–water partition coefficient (Wildman–Crippen LogP) is 3.19. The van der Waals surface area contributed by atoms with Crippen molar-refractivity contribution in [1.29, 1.82) is 0 Å². The molecule has 1 aliphatic carbocycles. The highest BCUT2D eigenvalue weighted by atomic mass is 16.5. The molecule has 2 aromatic rings. The van der Waals surface area contributed by atoms with Crippen molar-refractivity contribution in [3.8, 4) is 5.75 Å². The number of benzene rings is 1. The molecule has 0 saturated heterocycles. The molecule has 0 spiro atoms. The van der Waals surface area contributed by atoms with Gasteiger partial charge in [-0.2, -0.15) is 0 Å². The van der Waals surface area contributed by atoms with E-state index in [2.05, 4.69) is 15.8 Å². The Hall–Kier alpha value is -3.36. The molecule has 0 atom stereocenters. The second-order valence-corrected chi connectivity index (χ2v) is 7.55. The van der Waals surface area contributed by atoms with Crippen LogP contribution in [0.25, 0.3) is 0 Å². The lowest BCUT2D eigenvalue weighted by Gasteiger charge is -2.22. The molecule has 0 bridgehead atoms. The molecule has 9 heteroatoms. The smallest absolute Gasteiger partial charge is 0.338 e. The number of hydrogen-bond acceptors (Lipinski definition) is 7. The zero-order valence-electron chi connectivity index (χ0n) is 17.7. The molecule has 1 aliphatic rings. The van der Waals surface area contributed by atoms with Gasteiger partial charge in [-0.15, -0.1) is 0 Å². The first-order valence-corrected chi connectivity index (χ1v) is 10.3. The molecule has 1 fully saturated rings. The van der Waals surface area contributed by atoms with Crippen LogP contribution in [-0.4, -0.2) is 35.7 Å². The first kappa shape index (κ1) is 22.3. The Kier molecular flexibility index (Phi) is 7.64. The maximum absolute atomic E-state index is 12.1. The maximum Gasteiger partial charge on any atom is 0.338 e. The SMILES string of the molecule is Cc1noc(C)c1COc1ccc(C(=O)OCC(=O)NC(=O)NC2CCCCC2)cc1. The fourth-order valence-electron chi connectivity index (χ4n) is 3.40. The summed E-state index contributed by atoms with van der Waals surface area (Å²) in [7, 11) is 0. The molecule has 3 amide bonds. The number of rotatable bonds is 7. The number of esters is 1. The molecule has 0 unspecified atom stereocenters. The van der Waals surface area contributed by atoms with Crippen molar-refractivity contribution in [2.45, 2.75) is 58.6 Å². The first-order chi connectivity index (χ1) is 14.9. The third-order valence-corrected chi connectivity index (χ3v) is 5.18. The number of imide groups is 1. The highest BCUT2D eigenvalue weighted by molar-refractivity contribution is 5.97. The number of aromatic nitrogens is 1. The monoisotopic (exact) mass is 429 g/mol. The van der Waals surface area contributed by atoms with Gasteiger partial charge in [0, 0.05) is 6.04 Å². The largest absolute Gasteiger partial charge is 0.489 e. The predicted molar refractivity (Wildman–Crippen MR) is 111 cm³/mol. The minimum absolute atomic E-state index is 0.0856. The van der Waals surface area contributed by atoms with E-state index in [1.807, 2.05) is 13.8 Å². The van der Waals surface area contributed by atoms with E-state index in [-0.39, 0.29) is 11.6 Å². The van der Waals surface area contributed by atoms with Crippen molar-refractivity contribution in [3.63, 3.8) is 0 Å². The van der Waals surface area contributed by atoms with Gasteiger partial charge in [0.2, 0.25) is 0 Å². The van der Waals surface area contributed by atoms with Gasteiger partial charge in [0.15, 0.2) is 6.61 Å². The fraction of sp³-hybridized carbons (Fsp3) is 0.455. The van der Waals surface area contributed by atoms with Gasteiger partial charge < -0.3 is 19.3 Å². The highest BCUT2D eigenvalue weighted by Gasteiger charge is 2.18. The van der Waals surface area contributed by atoms with Crippen LogP contribution in [0.5, 0.6) is 5.75 Å². The molecule has 3 rings (SSSR count). The zero-order valence-corrected chi connectivity index (χ0v) is 17.7. The van der Waals surface area contributed by atoms with E-state index in [1.165, 1.54) is 6.42 Å². The van der Waals surface area contributed by atoms with Crippen molar-refractivity contribution < 1.29 is 28.4 Å². The Labute approximate surface area is 180 Å². The van der Waals surface area contributed by atoms with E-state index in [4.69, 9.17) is 14.0 Å². The molecular weight excluding hydrogens is 402 g/mol. The summed E-state index contributed by atoms with van der Waals surface area (Å²) in [6.07, 6.45) is 5.13. The number of nitrogens with one attached hydrogen (secondary N) is 2. The second-order valence-electron chi connectivity index (χ2n) is 7.55. The maximum atomic E-state index is 12.1. The summed E-state index contributed by atoms with van der Waals surface area (Å²) in [5, 5.41) is 8.83. The number of aryl methyl sites for hydroxylation is 2. The lowest BCUT2D eigenvalue weighted by molar-refractivity contribution is -0.123. The van der Waals surface area contributed by atoms with Crippen molar-refractivity contribution in [1.82, 2.24) is 15.8 Å². The van der Waals surface area contributed by atoms with Crippen LogP contribution in [0.3, 0.4) is 0 Å². The van der Waals surface area contributed by atoms with E-state index in [9.17, 15) is 14.4 Å². The minimum atomic E-state index is -0.680. The Morgan fingerprint density at radius 2 is 1.81 bits per heavy atom. The summed E-state index contributed by atoms with van der Waals surface area (Å²) in [5.41, 5.74) is 1.91. The average Bonchev–Trinajstić information content (AvgIpc) is 3.08. The van der Waals surface area contributed by atoms with Crippen LogP contribution >= 0.6 is 0 Å². The molecule has 0 aliphatic heterocycles. The van der Waals surface area contributed by atoms with E-state index >= 15 is 0 Å². The molecule has 2 N–H and O–H groups in total. The molecule has 0 radical (unpaired) electrons. The van der Waals surface area contributed by atoms with Gasteiger partial charge in [-0.25, -0.2) is 9.59 Å². The second kappa shape index (κ2) is 10.6. The zero-order chi connectivity index (χ0) is 22.2. The topological polar surface area (TPSA) is 120 Å². The molecule has 9 nitrogen and oxygen atoms in total. The van der Waals surface area contributed by atoms with Crippen LogP contribution in [-0.2, 0) is 16.1 Å². The number of amides is 3. The number of carbonyl (C=O) groups is 3. The van der Waals surface area contributed by atoms with Gasteiger partial charge in [-0.1, -0.05) is 24.4 Å². The first-order valence-electron chi connectivity index (χ1n) is 10.3. The number of hydrogen-bond donors (Lipinski definition) is 2. The molecule has 1 aromatic heterocycles. The normalized spacial score (nSPS) is 14.0. The van der Waals surface area contributed by atoms with Gasteiger partial charge in [0.05, 0.1) is 16.8 Å². The number of urea groups is 1. The third-order valence-electron chi connectivity index (χ3n) is 5.18. The Morgan fingerprint density at radius 1 is 1.10 bits per heavy atom. The van der Waals surface area contributed by atoms with E-state index in [0.29, 0.717) is 18.1 Å². The molecule has 31 heavy (non-hydrogen) atoms. The van der Waals surface area contributed by atoms with Crippen LogP contribution in [0.15, 0.2) is 28.8 Å². The molecule has 1 aromatic carbocycles. The quantitative estimate of drug-likeness (QED) is 0.649. The highest BCUT2D eigenvalue weighted by Crippen LogP contribution is 2.19. The van der Waals surface area contributed by atoms with Crippen molar-refractivity contribution in [2.75, 3.05) is 6.61 Å². The van der Waals surface area contributed by atoms with Gasteiger partial charge >= 0.3 is 12.0 Å². The summed E-state index contributed by atoms with van der Waals surface area (Å²) < 4.78 is 15.8. The van der Waals surface area contributed by atoms with Crippen LogP contribution in [0, 0.1) is 13.8 Å². The Morgan fingerprint density at radius 3 is 2.45 bits per heavy atom. The summed E-state index contributed by atoms with van der Waals surface area (Å²) in [6, 6.07) is 5.87. The Balaban J connectivity index is 1.40.